The molecule has 4 nitrogen and oxygen atoms in total. The molecule has 1 aliphatic carbocycles. The first-order valence-corrected chi connectivity index (χ1v) is 10.9. The Hall–Kier alpha value is -2.47. The van der Waals surface area contributed by atoms with Gasteiger partial charge in [0.15, 0.2) is 6.29 Å². The minimum Gasteiger partial charge on any atom is -0.456 e. The van der Waals surface area contributed by atoms with Crippen molar-refractivity contribution in [1.29, 1.82) is 0 Å². The fraction of sp³-hybridized carbons (Fsp3) is 0.240. The van der Waals surface area contributed by atoms with E-state index >= 15 is 0 Å². The highest BCUT2D eigenvalue weighted by molar-refractivity contribution is 9.10. The minimum atomic E-state index is -0.431. The molecular weight excluding hydrogens is 444 g/mol. The topological polar surface area (TPSA) is 44.8 Å². The Morgan fingerprint density at radius 2 is 1.53 bits per heavy atom. The maximum Gasteiger partial charge on any atom is 0.338 e. The molecule has 3 aromatic carbocycles. The predicted molar refractivity (Wildman–Crippen MR) is 117 cm³/mol. The summed E-state index contributed by atoms with van der Waals surface area (Å²) < 4.78 is 19.0. The average Bonchev–Trinajstić information content (AvgIpc) is 3.37. The van der Waals surface area contributed by atoms with Crippen LogP contribution in [0.3, 0.4) is 0 Å². The molecule has 0 radical (unpaired) electrons. The van der Waals surface area contributed by atoms with Gasteiger partial charge in [-0.3, -0.25) is 0 Å². The first-order chi connectivity index (χ1) is 14.7. The zero-order chi connectivity index (χ0) is 20.5. The number of hydrogen-bond acceptors (Lipinski definition) is 4. The van der Waals surface area contributed by atoms with Crippen LogP contribution in [-0.4, -0.2) is 24.3 Å². The van der Waals surface area contributed by atoms with Crippen molar-refractivity contribution < 1.29 is 19.0 Å². The molecule has 0 spiro atoms. The molecule has 1 saturated carbocycles. The fourth-order valence-corrected chi connectivity index (χ4v) is 4.35. The van der Waals surface area contributed by atoms with Gasteiger partial charge in [0.1, 0.15) is 12.2 Å². The first-order valence-electron chi connectivity index (χ1n) is 10.1. The normalized spacial score (nSPS) is 25.1. The summed E-state index contributed by atoms with van der Waals surface area (Å²) in [5, 5.41) is 0. The molecule has 2 aliphatic rings. The van der Waals surface area contributed by atoms with Gasteiger partial charge in [-0.25, -0.2) is 4.79 Å². The van der Waals surface area contributed by atoms with Crippen molar-refractivity contribution in [3.05, 3.63) is 94.5 Å². The zero-order valence-electron chi connectivity index (χ0n) is 16.2. The first kappa shape index (κ1) is 19.5. The highest BCUT2D eigenvalue weighted by atomic mass is 79.9. The summed E-state index contributed by atoms with van der Waals surface area (Å²) in [6, 6.07) is 25.7. The lowest BCUT2D eigenvalue weighted by molar-refractivity contribution is -0.0955. The van der Waals surface area contributed by atoms with Crippen molar-refractivity contribution in [3.8, 4) is 11.1 Å². The minimum absolute atomic E-state index is 0.0495. The van der Waals surface area contributed by atoms with Crippen LogP contribution < -0.4 is 0 Å². The van der Waals surface area contributed by atoms with Gasteiger partial charge >= 0.3 is 5.97 Å². The molecule has 0 N–H and O–H groups in total. The van der Waals surface area contributed by atoms with E-state index < -0.39 is 6.29 Å². The highest BCUT2D eigenvalue weighted by Gasteiger charge is 2.48. The standard InChI is InChI=1S/C25H21BrO4/c26-20-12-10-18(11-13-20)24(27)28-21-14-15-22-23(21)30-25(29-22)19-8-6-17(7-9-19)16-4-2-1-3-5-16/h1-13,21-23,25H,14-15H2/t21-,22-,23-,25-/m0/s1. The van der Waals surface area contributed by atoms with Crippen molar-refractivity contribution >= 4 is 21.9 Å². The maximum absolute atomic E-state index is 12.5. The molecule has 1 heterocycles. The fourth-order valence-electron chi connectivity index (χ4n) is 4.09. The Balaban J connectivity index is 1.25. The molecule has 152 valence electrons. The molecule has 0 bridgehead atoms. The van der Waals surface area contributed by atoms with E-state index in [0.717, 1.165) is 28.4 Å². The molecule has 2 fully saturated rings. The Labute approximate surface area is 183 Å². The highest BCUT2D eigenvalue weighted by Crippen LogP contribution is 2.41. The predicted octanol–water partition coefficient (Wildman–Crippen LogP) is 5.92. The van der Waals surface area contributed by atoms with Gasteiger partial charge in [-0.05, 0) is 48.2 Å². The Bertz CT molecular complexity index is 1020. The Kier molecular flexibility index (Phi) is 5.42. The summed E-state index contributed by atoms with van der Waals surface area (Å²) in [7, 11) is 0. The van der Waals surface area contributed by atoms with Crippen LogP contribution in [-0.2, 0) is 14.2 Å². The van der Waals surface area contributed by atoms with Crippen LogP contribution in [0.15, 0.2) is 83.3 Å². The Morgan fingerprint density at radius 1 is 0.833 bits per heavy atom. The number of hydrogen-bond donors (Lipinski definition) is 0. The van der Waals surface area contributed by atoms with Gasteiger partial charge in [0.05, 0.1) is 11.7 Å². The number of carbonyl (C=O) groups excluding carboxylic acids is 1. The second-order valence-corrected chi connectivity index (χ2v) is 8.54. The lowest BCUT2D eigenvalue weighted by atomic mass is 10.0. The molecule has 0 amide bonds. The van der Waals surface area contributed by atoms with Crippen LogP contribution in [0, 0.1) is 0 Å². The van der Waals surface area contributed by atoms with Crippen LogP contribution in [0.2, 0.25) is 0 Å². The number of rotatable bonds is 4. The molecule has 0 unspecified atom stereocenters. The van der Waals surface area contributed by atoms with Gasteiger partial charge in [0, 0.05) is 10.0 Å². The molecule has 5 heteroatoms. The maximum atomic E-state index is 12.5. The lowest BCUT2D eigenvalue weighted by Crippen LogP contribution is -2.31. The third-order valence-corrected chi connectivity index (χ3v) is 6.20. The van der Waals surface area contributed by atoms with E-state index in [4.69, 9.17) is 14.2 Å². The second-order valence-electron chi connectivity index (χ2n) is 7.62. The number of fused-ring (bicyclic) bond motifs is 1. The number of esters is 1. The van der Waals surface area contributed by atoms with Crippen molar-refractivity contribution in [2.45, 2.75) is 37.4 Å². The Morgan fingerprint density at radius 3 is 2.27 bits per heavy atom. The van der Waals surface area contributed by atoms with Crippen molar-refractivity contribution in [2.75, 3.05) is 0 Å². The molecular formula is C25H21BrO4. The lowest BCUT2D eigenvalue weighted by Gasteiger charge is -2.19. The third kappa shape index (κ3) is 3.93. The van der Waals surface area contributed by atoms with Crippen LogP contribution in [0.5, 0.6) is 0 Å². The van der Waals surface area contributed by atoms with Crippen molar-refractivity contribution in [1.82, 2.24) is 0 Å². The van der Waals surface area contributed by atoms with Gasteiger partial charge < -0.3 is 14.2 Å². The molecule has 1 saturated heterocycles. The SMILES string of the molecule is O=C(O[C@H]1CC[C@@H]2O[C@H](c3ccc(-c4ccccc4)cc3)O[C@@H]12)c1ccc(Br)cc1. The number of halogens is 1. The molecule has 3 aromatic rings. The van der Waals surface area contributed by atoms with E-state index in [1.165, 1.54) is 5.56 Å². The molecule has 4 atom stereocenters. The van der Waals surface area contributed by atoms with Gasteiger partial charge in [-0.2, -0.15) is 0 Å². The summed E-state index contributed by atoms with van der Waals surface area (Å²) in [5.74, 6) is -0.326. The summed E-state index contributed by atoms with van der Waals surface area (Å²) in [4.78, 5) is 12.5. The van der Waals surface area contributed by atoms with E-state index in [1.54, 1.807) is 12.1 Å². The monoisotopic (exact) mass is 464 g/mol. The average molecular weight is 465 g/mol. The largest absolute Gasteiger partial charge is 0.456 e. The summed E-state index contributed by atoms with van der Waals surface area (Å²) in [6.45, 7) is 0. The van der Waals surface area contributed by atoms with Crippen molar-refractivity contribution in [2.24, 2.45) is 0 Å². The van der Waals surface area contributed by atoms with Crippen LogP contribution in [0.4, 0.5) is 0 Å². The van der Waals surface area contributed by atoms with E-state index in [0.29, 0.717) is 5.56 Å². The van der Waals surface area contributed by atoms with Gasteiger partial charge in [0.2, 0.25) is 0 Å². The van der Waals surface area contributed by atoms with Crippen molar-refractivity contribution in [3.63, 3.8) is 0 Å². The summed E-state index contributed by atoms with van der Waals surface area (Å²) in [6.07, 6.45) is 0.562. The number of benzene rings is 3. The van der Waals surface area contributed by atoms with Gasteiger partial charge in [0.25, 0.3) is 0 Å². The second kappa shape index (κ2) is 8.34. The van der Waals surface area contributed by atoms with E-state index in [9.17, 15) is 4.79 Å². The summed E-state index contributed by atoms with van der Waals surface area (Å²) >= 11 is 3.38. The van der Waals surface area contributed by atoms with Gasteiger partial charge in [-0.15, -0.1) is 0 Å². The molecule has 1 aliphatic heterocycles. The molecule has 0 aromatic heterocycles. The number of ether oxygens (including phenoxy) is 3. The van der Waals surface area contributed by atoms with E-state index in [1.807, 2.05) is 42.5 Å². The molecule has 30 heavy (non-hydrogen) atoms. The van der Waals surface area contributed by atoms with Crippen LogP contribution >= 0.6 is 15.9 Å². The zero-order valence-corrected chi connectivity index (χ0v) is 17.8. The van der Waals surface area contributed by atoms with E-state index in [-0.39, 0.29) is 24.3 Å². The number of carbonyl (C=O) groups is 1. The smallest absolute Gasteiger partial charge is 0.338 e. The van der Waals surface area contributed by atoms with E-state index in [2.05, 4.69) is 40.2 Å². The molecule has 5 rings (SSSR count). The van der Waals surface area contributed by atoms with Crippen LogP contribution in [0.1, 0.15) is 35.1 Å². The quantitative estimate of drug-likeness (QED) is 0.449. The van der Waals surface area contributed by atoms with Gasteiger partial charge in [-0.1, -0.05) is 70.5 Å². The summed E-state index contributed by atoms with van der Waals surface area (Å²) in [5.41, 5.74) is 3.84. The van der Waals surface area contributed by atoms with Crippen LogP contribution in [0.25, 0.3) is 11.1 Å². The third-order valence-electron chi connectivity index (χ3n) is 5.68.